The van der Waals surface area contributed by atoms with Gasteiger partial charge in [-0.25, -0.2) is 4.79 Å². The Hall–Kier alpha value is -1.62. The molecule has 0 bridgehead atoms. The van der Waals surface area contributed by atoms with Crippen molar-refractivity contribution < 1.29 is 4.79 Å². The van der Waals surface area contributed by atoms with Crippen molar-refractivity contribution in [2.75, 3.05) is 13.1 Å². The minimum Gasteiger partial charge on any atom is -0.336 e. The molecule has 1 aliphatic rings. The third-order valence-electron chi connectivity index (χ3n) is 2.95. The standard InChI is InChI=1S/C13H20N4O/c1-10(2)16-13(18)17(12-7-15-8-12)9-11-4-3-5-14-6-11/h3-6,10,12,15H,7-9H2,1-2H3,(H,16,18). The summed E-state index contributed by atoms with van der Waals surface area (Å²) in [5, 5.41) is 6.15. The first-order chi connectivity index (χ1) is 8.66. The van der Waals surface area contributed by atoms with E-state index in [4.69, 9.17) is 0 Å². The Morgan fingerprint density at radius 2 is 2.39 bits per heavy atom. The molecule has 1 aromatic heterocycles. The van der Waals surface area contributed by atoms with Gasteiger partial charge >= 0.3 is 6.03 Å². The fourth-order valence-corrected chi connectivity index (χ4v) is 1.88. The summed E-state index contributed by atoms with van der Waals surface area (Å²) in [7, 11) is 0. The van der Waals surface area contributed by atoms with Crippen molar-refractivity contribution in [3.63, 3.8) is 0 Å². The predicted octanol–water partition coefficient (Wildman–Crippen LogP) is 0.973. The van der Waals surface area contributed by atoms with Gasteiger partial charge in [-0.1, -0.05) is 6.07 Å². The van der Waals surface area contributed by atoms with Crippen LogP contribution < -0.4 is 10.6 Å². The van der Waals surface area contributed by atoms with Crippen molar-refractivity contribution in [2.24, 2.45) is 0 Å². The summed E-state index contributed by atoms with van der Waals surface area (Å²) in [5.74, 6) is 0. The van der Waals surface area contributed by atoms with Crippen LogP contribution in [0.2, 0.25) is 0 Å². The zero-order valence-electron chi connectivity index (χ0n) is 10.9. The van der Waals surface area contributed by atoms with E-state index in [2.05, 4.69) is 15.6 Å². The molecule has 2 N–H and O–H groups in total. The lowest BCUT2D eigenvalue weighted by molar-refractivity contribution is 0.143. The molecule has 1 saturated heterocycles. The Bertz CT molecular complexity index is 389. The van der Waals surface area contributed by atoms with Crippen LogP contribution in [0.4, 0.5) is 4.79 Å². The first-order valence-corrected chi connectivity index (χ1v) is 6.33. The quantitative estimate of drug-likeness (QED) is 0.835. The van der Waals surface area contributed by atoms with Gasteiger partial charge in [0.25, 0.3) is 0 Å². The number of amides is 2. The molecule has 2 rings (SSSR count). The van der Waals surface area contributed by atoms with Crippen LogP contribution in [0, 0.1) is 0 Å². The Balaban J connectivity index is 2.03. The third kappa shape index (κ3) is 3.20. The number of pyridine rings is 1. The van der Waals surface area contributed by atoms with Gasteiger partial charge in [-0.3, -0.25) is 4.98 Å². The van der Waals surface area contributed by atoms with Crippen LogP contribution in [0.3, 0.4) is 0 Å². The molecule has 2 amide bonds. The topological polar surface area (TPSA) is 57.3 Å². The molecule has 0 aromatic carbocycles. The monoisotopic (exact) mass is 248 g/mol. The number of carbonyl (C=O) groups is 1. The zero-order chi connectivity index (χ0) is 13.0. The summed E-state index contributed by atoms with van der Waals surface area (Å²) in [6, 6.07) is 4.33. The van der Waals surface area contributed by atoms with Gasteiger partial charge in [0, 0.05) is 38.1 Å². The average Bonchev–Trinajstić information content (AvgIpc) is 2.26. The van der Waals surface area contributed by atoms with Gasteiger partial charge in [-0.2, -0.15) is 0 Å². The van der Waals surface area contributed by atoms with E-state index in [-0.39, 0.29) is 18.1 Å². The van der Waals surface area contributed by atoms with Crippen molar-refractivity contribution in [1.29, 1.82) is 0 Å². The summed E-state index contributed by atoms with van der Waals surface area (Å²) in [6.45, 7) is 6.29. The highest BCUT2D eigenvalue weighted by molar-refractivity contribution is 5.75. The third-order valence-corrected chi connectivity index (χ3v) is 2.95. The van der Waals surface area contributed by atoms with Crippen LogP contribution >= 0.6 is 0 Å². The molecule has 18 heavy (non-hydrogen) atoms. The maximum atomic E-state index is 12.2. The van der Waals surface area contributed by atoms with E-state index in [1.165, 1.54) is 0 Å². The summed E-state index contributed by atoms with van der Waals surface area (Å²) < 4.78 is 0. The summed E-state index contributed by atoms with van der Waals surface area (Å²) in [6.07, 6.45) is 3.55. The maximum Gasteiger partial charge on any atom is 0.318 e. The molecule has 0 aliphatic carbocycles. The average molecular weight is 248 g/mol. The zero-order valence-corrected chi connectivity index (χ0v) is 10.9. The van der Waals surface area contributed by atoms with Gasteiger partial charge in [0.15, 0.2) is 0 Å². The first kappa shape index (κ1) is 12.8. The van der Waals surface area contributed by atoms with Crippen molar-refractivity contribution in [1.82, 2.24) is 20.5 Å². The maximum absolute atomic E-state index is 12.2. The van der Waals surface area contributed by atoms with Crippen molar-refractivity contribution in [3.8, 4) is 0 Å². The van der Waals surface area contributed by atoms with Crippen LogP contribution in [0.25, 0.3) is 0 Å². The largest absolute Gasteiger partial charge is 0.336 e. The summed E-state index contributed by atoms with van der Waals surface area (Å²) >= 11 is 0. The van der Waals surface area contributed by atoms with Crippen LogP contribution in [0.5, 0.6) is 0 Å². The molecule has 0 spiro atoms. The van der Waals surface area contributed by atoms with E-state index >= 15 is 0 Å². The van der Waals surface area contributed by atoms with Gasteiger partial charge in [0.2, 0.25) is 0 Å². The highest BCUT2D eigenvalue weighted by Gasteiger charge is 2.28. The van der Waals surface area contributed by atoms with Crippen LogP contribution in [-0.4, -0.2) is 41.1 Å². The number of hydrogen-bond acceptors (Lipinski definition) is 3. The molecule has 1 aliphatic heterocycles. The van der Waals surface area contributed by atoms with Crippen LogP contribution in [-0.2, 0) is 6.54 Å². The molecule has 1 fully saturated rings. The van der Waals surface area contributed by atoms with E-state index in [1.807, 2.05) is 37.1 Å². The summed E-state index contributed by atoms with van der Waals surface area (Å²) in [4.78, 5) is 18.1. The Morgan fingerprint density at radius 1 is 1.61 bits per heavy atom. The Morgan fingerprint density at radius 3 is 2.89 bits per heavy atom. The second-order valence-electron chi connectivity index (χ2n) is 4.91. The molecule has 5 heteroatoms. The molecule has 0 radical (unpaired) electrons. The predicted molar refractivity (Wildman–Crippen MR) is 70.1 cm³/mol. The molecular formula is C13H20N4O. The number of rotatable bonds is 4. The number of hydrogen-bond donors (Lipinski definition) is 2. The highest BCUT2D eigenvalue weighted by atomic mass is 16.2. The normalized spacial score (nSPS) is 15.3. The summed E-state index contributed by atoms with van der Waals surface area (Å²) in [5.41, 5.74) is 1.06. The van der Waals surface area contributed by atoms with Gasteiger partial charge in [-0.15, -0.1) is 0 Å². The molecule has 1 aromatic rings. The van der Waals surface area contributed by atoms with Crippen molar-refractivity contribution >= 4 is 6.03 Å². The van der Waals surface area contributed by atoms with Crippen LogP contribution in [0.1, 0.15) is 19.4 Å². The van der Waals surface area contributed by atoms with E-state index in [9.17, 15) is 4.79 Å². The van der Waals surface area contributed by atoms with E-state index < -0.39 is 0 Å². The molecule has 0 atom stereocenters. The van der Waals surface area contributed by atoms with Crippen molar-refractivity contribution in [2.45, 2.75) is 32.5 Å². The minimum absolute atomic E-state index is 0.000327. The number of nitrogens with zero attached hydrogens (tertiary/aromatic N) is 2. The van der Waals surface area contributed by atoms with Gasteiger partial charge in [0.05, 0.1) is 6.04 Å². The van der Waals surface area contributed by atoms with E-state index in [0.717, 1.165) is 18.7 Å². The number of carbonyl (C=O) groups excluding carboxylic acids is 1. The molecule has 2 heterocycles. The second kappa shape index (κ2) is 5.82. The van der Waals surface area contributed by atoms with Crippen LogP contribution in [0.15, 0.2) is 24.5 Å². The van der Waals surface area contributed by atoms with Gasteiger partial charge in [0.1, 0.15) is 0 Å². The fourth-order valence-electron chi connectivity index (χ4n) is 1.88. The highest BCUT2D eigenvalue weighted by Crippen LogP contribution is 2.11. The van der Waals surface area contributed by atoms with E-state index in [1.54, 1.807) is 6.20 Å². The molecule has 0 unspecified atom stereocenters. The van der Waals surface area contributed by atoms with E-state index in [0.29, 0.717) is 6.54 Å². The SMILES string of the molecule is CC(C)NC(=O)N(Cc1cccnc1)C1CNC1. The fraction of sp³-hybridized carbons (Fsp3) is 0.538. The van der Waals surface area contributed by atoms with Crippen molar-refractivity contribution in [3.05, 3.63) is 30.1 Å². The molecule has 0 saturated carbocycles. The smallest absolute Gasteiger partial charge is 0.318 e. The first-order valence-electron chi connectivity index (χ1n) is 6.33. The molecule has 5 nitrogen and oxygen atoms in total. The lowest BCUT2D eigenvalue weighted by Crippen LogP contribution is -2.60. The van der Waals surface area contributed by atoms with Gasteiger partial charge in [-0.05, 0) is 25.5 Å². The number of urea groups is 1. The lowest BCUT2D eigenvalue weighted by atomic mass is 10.1. The second-order valence-corrected chi connectivity index (χ2v) is 4.91. The lowest BCUT2D eigenvalue weighted by Gasteiger charge is -2.38. The Kier molecular flexibility index (Phi) is 4.15. The number of aromatic nitrogens is 1. The number of nitrogens with one attached hydrogen (secondary N) is 2. The van der Waals surface area contributed by atoms with Gasteiger partial charge < -0.3 is 15.5 Å². The minimum atomic E-state index is 0.000327. The molecule has 98 valence electrons. The Labute approximate surface area is 108 Å². The molecular weight excluding hydrogens is 228 g/mol.